The Kier molecular flexibility index (Phi) is 5.47. The molecule has 3 aromatic rings. The van der Waals surface area contributed by atoms with Crippen LogP contribution in [0.25, 0.3) is 10.8 Å². The first-order chi connectivity index (χ1) is 13.0. The van der Waals surface area contributed by atoms with Gasteiger partial charge in [-0.25, -0.2) is 0 Å². The smallest absolute Gasteiger partial charge is 0.271 e. The van der Waals surface area contributed by atoms with Crippen molar-refractivity contribution in [2.45, 2.75) is 19.9 Å². The van der Waals surface area contributed by atoms with Gasteiger partial charge in [0.15, 0.2) is 0 Å². The van der Waals surface area contributed by atoms with Gasteiger partial charge in [0.25, 0.3) is 5.69 Å². The zero-order chi connectivity index (χ0) is 19.4. The Morgan fingerprint density at radius 3 is 2.63 bits per heavy atom. The molecule has 0 aliphatic rings. The normalized spacial score (nSPS) is 11.9. The zero-order valence-electron chi connectivity index (χ0n) is 15.2. The van der Waals surface area contributed by atoms with Crippen molar-refractivity contribution in [3.63, 3.8) is 0 Å². The van der Waals surface area contributed by atoms with Gasteiger partial charge in [-0.2, -0.15) is 0 Å². The van der Waals surface area contributed by atoms with Gasteiger partial charge in [0.2, 0.25) is 5.91 Å². The Labute approximate surface area is 157 Å². The van der Waals surface area contributed by atoms with Crippen molar-refractivity contribution in [2.24, 2.45) is 0 Å². The SMILES string of the molecule is Cc1ccc([N+](=O)[O-])cc1NC(=O)CN[C@H](C)c1cccc2ccccc12. The molecule has 0 spiro atoms. The molecular formula is C21H21N3O3. The van der Waals surface area contributed by atoms with Crippen LogP contribution in [0, 0.1) is 17.0 Å². The van der Waals surface area contributed by atoms with E-state index in [4.69, 9.17) is 0 Å². The summed E-state index contributed by atoms with van der Waals surface area (Å²) in [5.41, 5.74) is 2.30. The van der Waals surface area contributed by atoms with Crippen molar-refractivity contribution in [2.75, 3.05) is 11.9 Å². The summed E-state index contributed by atoms with van der Waals surface area (Å²) in [6, 6.07) is 18.6. The van der Waals surface area contributed by atoms with E-state index >= 15 is 0 Å². The van der Waals surface area contributed by atoms with Crippen molar-refractivity contribution >= 4 is 28.1 Å². The van der Waals surface area contributed by atoms with Gasteiger partial charge in [0.1, 0.15) is 0 Å². The van der Waals surface area contributed by atoms with Crippen LogP contribution in [0.2, 0.25) is 0 Å². The highest BCUT2D eigenvalue weighted by Crippen LogP contribution is 2.24. The molecule has 0 fully saturated rings. The molecule has 0 aromatic heterocycles. The highest BCUT2D eigenvalue weighted by molar-refractivity contribution is 5.93. The molecule has 6 heteroatoms. The fourth-order valence-electron chi connectivity index (χ4n) is 3.04. The fraction of sp³-hybridized carbons (Fsp3) is 0.190. The van der Waals surface area contributed by atoms with E-state index in [9.17, 15) is 14.9 Å². The summed E-state index contributed by atoms with van der Waals surface area (Å²) in [6.07, 6.45) is 0. The zero-order valence-corrected chi connectivity index (χ0v) is 15.2. The van der Waals surface area contributed by atoms with E-state index in [1.807, 2.05) is 31.2 Å². The van der Waals surface area contributed by atoms with Crippen molar-refractivity contribution in [3.05, 3.63) is 81.9 Å². The van der Waals surface area contributed by atoms with Gasteiger partial charge in [-0.05, 0) is 35.7 Å². The van der Waals surface area contributed by atoms with Crippen LogP contribution in [0.1, 0.15) is 24.1 Å². The minimum Gasteiger partial charge on any atom is -0.324 e. The van der Waals surface area contributed by atoms with Crippen LogP contribution in [-0.4, -0.2) is 17.4 Å². The predicted octanol–water partition coefficient (Wildman–Crippen LogP) is 4.35. The summed E-state index contributed by atoms with van der Waals surface area (Å²) in [4.78, 5) is 22.7. The monoisotopic (exact) mass is 363 g/mol. The maximum absolute atomic E-state index is 12.3. The second-order valence-electron chi connectivity index (χ2n) is 6.48. The van der Waals surface area contributed by atoms with Crippen molar-refractivity contribution in [3.8, 4) is 0 Å². The van der Waals surface area contributed by atoms with E-state index in [2.05, 4.69) is 28.8 Å². The quantitative estimate of drug-likeness (QED) is 0.504. The van der Waals surface area contributed by atoms with E-state index in [0.717, 1.165) is 21.9 Å². The maximum atomic E-state index is 12.3. The summed E-state index contributed by atoms with van der Waals surface area (Å²) in [7, 11) is 0. The Morgan fingerprint density at radius 2 is 1.85 bits per heavy atom. The molecule has 0 bridgehead atoms. The number of hydrogen-bond acceptors (Lipinski definition) is 4. The Bertz CT molecular complexity index is 996. The number of nitrogens with zero attached hydrogens (tertiary/aromatic N) is 1. The number of non-ortho nitro benzene ring substituents is 1. The first-order valence-electron chi connectivity index (χ1n) is 8.71. The van der Waals surface area contributed by atoms with Crippen LogP contribution in [0.15, 0.2) is 60.7 Å². The average Bonchev–Trinajstić information content (AvgIpc) is 2.67. The van der Waals surface area contributed by atoms with Crippen molar-refractivity contribution < 1.29 is 9.72 Å². The molecule has 138 valence electrons. The number of nitro groups is 1. The predicted molar refractivity (Wildman–Crippen MR) is 107 cm³/mol. The molecule has 0 aliphatic heterocycles. The second kappa shape index (κ2) is 7.97. The molecular weight excluding hydrogens is 342 g/mol. The van der Waals surface area contributed by atoms with Crippen LogP contribution in [0.3, 0.4) is 0 Å². The molecule has 0 radical (unpaired) electrons. The maximum Gasteiger partial charge on any atom is 0.271 e. The lowest BCUT2D eigenvalue weighted by Crippen LogP contribution is -2.30. The lowest BCUT2D eigenvalue weighted by molar-refractivity contribution is -0.384. The minimum atomic E-state index is -0.476. The standard InChI is InChI=1S/C21H21N3O3/c1-14-10-11-17(24(26)27)12-20(14)23-21(25)13-22-15(2)18-9-5-7-16-6-3-4-8-19(16)18/h3-12,15,22H,13H2,1-2H3,(H,23,25)/t15-/m1/s1. The van der Waals surface area contributed by atoms with Gasteiger partial charge in [-0.15, -0.1) is 0 Å². The lowest BCUT2D eigenvalue weighted by Gasteiger charge is -2.17. The first kappa shape index (κ1) is 18.5. The topological polar surface area (TPSA) is 84.3 Å². The fourth-order valence-corrected chi connectivity index (χ4v) is 3.04. The number of hydrogen-bond donors (Lipinski definition) is 2. The molecule has 2 N–H and O–H groups in total. The molecule has 0 aliphatic carbocycles. The molecule has 3 rings (SSSR count). The number of amides is 1. The van der Waals surface area contributed by atoms with Crippen LogP contribution < -0.4 is 10.6 Å². The minimum absolute atomic E-state index is 0.0203. The number of carbonyl (C=O) groups is 1. The second-order valence-corrected chi connectivity index (χ2v) is 6.48. The van der Waals surface area contributed by atoms with Crippen molar-refractivity contribution in [1.29, 1.82) is 0 Å². The summed E-state index contributed by atoms with van der Waals surface area (Å²) in [6.45, 7) is 3.91. The average molecular weight is 363 g/mol. The lowest BCUT2D eigenvalue weighted by atomic mass is 10.00. The molecule has 0 saturated heterocycles. The van der Waals surface area contributed by atoms with Crippen LogP contribution in [0.4, 0.5) is 11.4 Å². The molecule has 3 aromatic carbocycles. The number of aryl methyl sites for hydroxylation is 1. The van der Waals surface area contributed by atoms with Crippen LogP contribution in [0.5, 0.6) is 0 Å². The number of benzene rings is 3. The largest absolute Gasteiger partial charge is 0.324 e. The summed E-state index contributed by atoms with van der Waals surface area (Å²) >= 11 is 0. The first-order valence-corrected chi connectivity index (χ1v) is 8.71. The van der Waals surface area contributed by atoms with E-state index in [1.54, 1.807) is 13.0 Å². The summed E-state index contributed by atoms with van der Waals surface area (Å²) in [5.74, 6) is -0.245. The molecule has 1 atom stereocenters. The third-order valence-electron chi connectivity index (χ3n) is 4.56. The van der Waals surface area contributed by atoms with E-state index in [1.165, 1.54) is 12.1 Å². The van der Waals surface area contributed by atoms with E-state index < -0.39 is 4.92 Å². The number of anilines is 1. The highest BCUT2D eigenvalue weighted by Gasteiger charge is 2.13. The van der Waals surface area contributed by atoms with E-state index in [0.29, 0.717) is 5.69 Å². The highest BCUT2D eigenvalue weighted by atomic mass is 16.6. The molecule has 27 heavy (non-hydrogen) atoms. The Hall–Kier alpha value is -3.25. The van der Waals surface area contributed by atoms with Gasteiger partial charge in [-0.3, -0.25) is 14.9 Å². The van der Waals surface area contributed by atoms with Gasteiger partial charge < -0.3 is 10.6 Å². The van der Waals surface area contributed by atoms with Crippen LogP contribution in [-0.2, 0) is 4.79 Å². The molecule has 0 heterocycles. The summed E-state index contributed by atoms with van der Waals surface area (Å²) in [5, 5.41) is 19.2. The number of nitrogens with one attached hydrogen (secondary N) is 2. The molecule has 6 nitrogen and oxygen atoms in total. The number of nitro benzene ring substituents is 1. The van der Waals surface area contributed by atoms with E-state index in [-0.39, 0.29) is 24.2 Å². The summed E-state index contributed by atoms with van der Waals surface area (Å²) < 4.78 is 0. The van der Waals surface area contributed by atoms with Gasteiger partial charge in [0.05, 0.1) is 17.2 Å². The third kappa shape index (κ3) is 4.30. The number of fused-ring (bicyclic) bond motifs is 1. The van der Waals surface area contributed by atoms with Gasteiger partial charge in [-0.1, -0.05) is 48.5 Å². The molecule has 1 amide bonds. The van der Waals surface area contributed by atoms with Crippen molar-refractivity contribution in [1.82, 2.24) is 5.32 Å². The third-order valence-corrected chi connectivity index (χ3v) is 4.56. The molecule has 0 unspecified atom stereocenters. The Balaban J connectivity index is 1.67. The van der Waals surface area contributed by atoms with Gasteiger partial charge >= 0.3 is 0 Å². The molecule has 0 saturated carbocycles. The van der Waals surface area contributed by atoms with Gasteiger partial charge in [0, 0.05) is 18.2 Å². The number of rotatable bonds is 6. The van der Waals surface area contributed by atoms with Crippen LogP contribution >= 0.6 is 0 Å². The number of carbonyl (C=O) groups excluding carboxylic acids is 1. The Morgan fingerprint density at radius 1 is 1.11 bits per heavy atom.